The zero-order chi connectivity index (χ0) is 19.9. The summed E-state index contributed by atoms with van der Waals surface area (Å²) in [5.41, 5.74) is 4.67. The van der Waals surface area contributed by atoms with Crippen LogP contribution in [0.4, 0.5) is 0 Å². The van der Waals surface area contributed by atoms with Gasteiger partial charge in [-0.15, -0.1) is 0 Å². The van der Waals surface area contributed by atoms with Gasteiger partial charge in [0, 0.05) is 11.5 Å². The second-order valence-electron chi connectivity index (χ2n) is 6.16. The van der Waals surface area contributed by atoms with Gasteiger partial charge in [0.25, 0.3) is 5.91 Å². The first kappa shape index (κ1) is 19.2. The predicted molar refractivity (Wildman–Crippen MR) is 104 cm³/mol. The number of carbonyl (C=O) groups excluding carboxylic acids is 2. The number of carbonyl (C=O) groups is 2. The third-order valence-corrected chi connectivity index (χ3v) is 3.95. The summed E-state index contributed by atoms with van der Waals surface area (Å²) < 4.78 is 10.7. The van der Waals surface area contributed by atoms with E-state index in [-0.39, 0.29) is 12.0 Å². The Morgan fingerprint density at radius 2 is 1.82 bits per heavy atom. The van der Waals surface area contributed by atoms with E-state index in [1.165, 1.54) is 6.07 Å². The highest BCUT2D eigenvalue weighted by Crippen LogP contribution is 2.20. The van der Waals surface area contributed by atoms with Gasteiger partial charge in [-0.1, -0.05) is 37.3 Å². The van der Waals surface area contributed by atoms with E-state index in [1.807, 2.05) is 25.1 Å². The van der Waals surface area contributed by atoms with Crippen molar-refractivity contribution < 1.29 is 18.7 Å². The molecular formula is C21H20N2O5. The van der Waals surface area contributed by atoms with E-state index in [0.29, 0.717) is 23.3 Å². The van der Waals surface area contributed by atoms with Crippen molar-refractivity contribution in [2.45, 2.75) is 19.8 Å². The summed E-state index contributed by atoms with van der Waals surface area (Å²) in [6.07, 6.45) is 0.963. The van der Waals surface area contributed by atoms with Crippen molar-refractivity contribution in [1.29, 1.82) is 0 Å². The van der Waals surface area contributed by atoms with Gasteiger partial charge in [-0.05, 0) is 30.2 Å². The number of rotatable bonds is 6. The molecule has 1 heterocycles. The van der Waals surface area contributed by atoms with Crippen LogP contribution < -0.4 is 21.2 Å². The minimum atomic E-state index is -0.796. The highest BCUT2D eigenvalue weighted by molar-refractivity contribution is 5.97. The van der Waals surface area contributed by atoms with Gasteiger partial charge in [0.2, 0.25) is 5.91 Å². The summed E-state index contributed by atoms with van der Waals surface area (Å²) in [7, 11) is 0. The van der Waals surface area contributed by atoms with Crippen LogP contribution in [0.15, 0.2) is 63.8 Å². The number of hydrogen-bond acceptors (Lipinski definition) is 5. The van der Waals surface area contributed by atoms with Crippen molar-refractivity contribution >= 4 is 22.8 Å². The quantitative estimate of drug-likeness (QED) is 0.506. The highest BCUT2D eigenvalue weighted by atomic mass is 16.5. The number of fused-ring (bicyclic) bond motifs is 1. The van der Waals surface area contributed by atoms with Gasteiger partial charge >= 0.3 is 5.63 Å². The Bertz CT molecular complexity index is 1040. The standard InChI is InChI=1S/C21H20N2O5/c1-2-10-27-16-9-8-15-12-17(21(26)28-18(15)13-16)20(25)23-22-19(24)11-14-6-4-3-5-7-14/h3-9,12-13H,2,10-11H2,1H3,(H,22,24)(H,23,25). The van der Waals surface area contributed by atoms with Crippen LogP contribution in [-0.4, -0.2) is 18.4 Å². The molecular weight excluding hydrogens is 360 g/mol. The zero-order valence-corrected chi connectivity index (χ0v) is 15.4. The van der Waals surface area contributed by atoms with Gasteiger partial charge in [0.15, 0.2) is 0 Å². The van der Waals surface area contributed by atoms with Crippen LogP contribution in [-0.2, 0) is 11.2 Å². The Balaban J connectivity index is 1.68. The van der Waals surface area contributed by atoms with Gasteiger partial charge in [-0.2, -0.15) is 0 Å². The van der Waals surface area contributed by atoms with E-state index in [4.69, 9.17) is 9.15 Å². The third-order valence-electron chi connectivity index (χ3n) is 3.95. The monoisotopic (exact) mass is 380 g/mol. The van der Waals surface area contributed by atoms with E-state index < -0.39 is 17.4 Å². The van der Waals surface area contributed by atoms with Crippen LogP contribution in [0.25, 0.3) is 11.0 Å². The fraction of sp³-hybridized carbons (Fsp3) is 0.190. The van der Waals surface area contributed by atoms with E-state index in [1.54, 1.807) is 30.3 Å². The molecule has 0 saturated carbocycles. The molecule has 0 radical (unpaired) electrons. The minimum Gasteiger partial charge on any atom is -0.493 e. The minimum absolute atomic E-state index is 0.105. The lowest BCUT2D eigenvalue weighted by atomic mass is 10.1. The lowest BCUT2D eigenvalue weighted by molar-refractivity contribution is -0.121. The Labute approximate surface area is 161 Å². The summed E-state index contributed by atoms with van der Waals surface area (Å²) in [6.45, 7) is 2.55. The molecule has 144 valence electrons. The normalized spacial score (nSPS) is 10.5. The maximum Gasteiger partial charge on any atom is 0.349 e. The van der Waals surface area contributed by atoms with Crippen molar-refractivity contribution in [3.8, 4) is 5.75 Å². The molecule has 2 N–H and O–H groups in total. The van der Waals surface area contributed by atoms with Crippen molar-refractivity contribution in [1.82, 2.24) is 10.9 Å². The molecule has 28 heavy (non-hydrogen) atoms. The van der Waals surface area contributed by atoms with Crippen molar-refractivity contribution in [3.63, 3.8) is 0 Å². The van der Waals surface area contributed by atoms with Crippen molar-refractivity contribution in [2.75, 3.05) is 6.61 Å². The van der Waals surface area contributed by atoms with Gasteiger partial charge in [-0.25, -0.2) is 4.79 Å². The first-order valence-corrected chi connectivity index (χ1v) is 8.90. The van der Waals surface area contributed by atoms with Gasteiger partial charge in [0.05, 0.1) is 13.0 Å². The lowest BCUT2D eigenvalue weighted by Gasteiger charge is -2.08. The summed E-state index contributed by atoms with van der Waals surface area (Å²) in [5.74, 6) is -0.561. The predicted octanol–water partition coefficient (Wildman–Crippen LogP) is 2.59. The molecule has 2 aromatic carbocycles. The molecule has 0 aliphatic carbocycles. The first-order chi connectivity index (χ1) is 13.6. The van der Waals surface area contributed by atoms with Gasteiger partial charge in [0.1, 0.15) is 16.9 Å². The van der Waals surface area contributed by atoms with Crippen LogP contribution in [0.2, 0.25) is 0 Å². The van der Waals surface area contributed by atoms with E-state index in [2.05, 4.69) is 10.9 Å². The highest BCUT2D eigenvalue weighted by Gasteiger charge is 2.15. The average Bonchev–Trinajstić information content (AvgIpc) is 2.70. The van der Waals surface area contributed by atoms with Crippen LogP contribution in [0.5, 0.6) is 5.75 Å². The smallest absolute Gasteiger partial charge is 0.349 e. The summed E-state index contributed by atoms with van der Waals surface area (Å²) in [5, 5.41) is 0.573. The number of hydrazine groups is 1. The fourth-order valence-corrected chi connectivity index (χ4v) is 2.58. The second-order valence-corrected chi connectivity index (χ2v) is 6.16. The summed E-state index contributed by atoms with van der Waals surface area (Å²) >= 11 is 0. The topological polar surface area (TPSA) is 97.6 Å². The number of amides is 2. The Morgan fingerprint density at radius 1 is 1.04 bits per heavy atom. The Kier molecular flexibility index (Phi) is 6.06. The molecule has 0 unspecified atom stereocenters. The van der Waals surface area contributed by atoms with E-state index in [0.717, 1.165) is 12.0 Å². The molecule has 0 saturated heterocycles. The molecule has 0 aliphatic heterocycles. The molecule has 0 bridgehead atoms. The van der Waals surface area contributed by atoms with Crippen LogP contribution in [0, 0.1) is 0 Å². The number of nitrogens with one attached hydrogen (secondary N) is 2. The van der Waals surface area contributed by atoms with Crippen LogP contribution in [0.3, 0.4) is 0 Å². The molecule has 7 nitrogen and oxygen atoms in total. The maximum absolute atomic E-state index is 12.3. The van der Waals surface area contributed by atoms with Gasteiger partial charge in [-0.3, -0.25) is 20.4 Å². The maximum atomic E-state index is 12.3. The van der Waals surface area contributed by atoms with Crippen molar-refractivity contribution in [2.24, 2.45) is 0 Å². The molecule has 0 fully saturated rings. The molecule has 7 heteroatoms. The summed E-state index contributed by atoms with van der Waals surface area (Å²) in [4.78, 5) is 36.3. The van der Waals surface area contributed by atoms with Crippen LogP contribution in [0.1, 0.15) is 29.3 Å². The van der Waals surface area contributed by atoms with E-state index in [9.17, 15) is 14.4 Å². The van der Waals surface area contributed by atoms with E-state index >= 15 is 0 Å². The second kappa shape index (κ2) is 8.85. The Morgan fingerprint density at radius 3 is 2.57 bits per heavy atom. The SMILES string of the molecule is CCCOc1ccc2cc(C(=O)NNC(=O)Cc3ccccc3)c(=O)oc2c1. The molecule has 3 aromatic rings. The Hall–Kier alpha value is -3.61. The number of hydrogen-bond donors (Lipinski definition) is 2. The zero-order valence-electron chi connectivity index (χ0n) is 15.4. The molecule has 2 amide bonds. The molecule has 0 atom stereocenters. The molecule has 0 spiro atoms. The molecule has 3 rings (SSSR count). The lowest BCUT2D eigenvalue weighted by Crippen LogP contribution is -2.43. The molecule has 0 aliphatic rings. The largest absolute Gasteiger partial charge is 0.493 e. The summed E-state index contributed by atoms with van der Waals surface area (Å²) in [6, 6.07) is 15.6. The average molecular weight is 380 g/mol. The van der Waals surface area contributed by atoms with Crippen molar-refractivity contribution in [3.05, 3.63) is 76.1 Å². The number of ether oxygens (including phenoxy) is 1. The van der Waals surface area contributed by atoms with Gasteiger partial charge < -0.3 is 9.15 Å². The van der Waals surface area contributed by atoms with Crippen LogP contribution >= 0.6 is 0 Å². The number of benzene rings is 2. The third kappa shape index (κ3) is 4.76. The molecule has 1 aromatic heterocycles. The fourth-order valence-electron chi connectivity index (χ4n) is 2.58. The first-order valence-electron chi connectivity index (χ1n) is 8.90.